The lowest BCUT2D eigenvalue weighted by Crippen LogP contribution is -2.26. The third-order valence-corrected chi connectivity index (χ3v) is 4.93. The zero-order chi connectivity index (χ0) is 26.1. The molecule has 12 heteroatoms. The van der Waals surface area contributed by atoms with E-state index in [-0.39, 0.29) is 23.9 Å². The van der Waals surface area contributed by atoms with Crippen molar-refractivity contribution in [3.63, 3.8) is 0 Å². The van der Waals surface area contributed by atoms with Crippen molar-refractivity contribution in [3.05, 3.63) is 66.1 Å². The number of urea groups is 1. The van der Waals surface area contributed by atoms with Gasteiger partial charge in [0.2, 0.25) is 5.82 Å². The minimum atomic E-state index is -4.80. The van der Waals surface area contributed by atoms with Gasteiger partial charge >= 0.3 is 12.4 Å². The number of nitrogens with one attached hydrogen (secondary N) is 3. The van der Waals surface area contributed by atoms with E-state index in [4.69, 9.17) is 4.74 Å². The molecule has 36 heavy (non-hydrogen) atoms. The number of hydrogen-bond acceptors (Lipinski definition) is 5. The van der Waals surface area contributed by atoms with E-state index in [9.17, 15) is 22.8 Å². The summed E-state index contributed by atoms with van der Waals surface area (Å²) in [5.41, 5.74) is 1.12. The normalized spacial score (nSPS) is 11.0. The van der Waals surface area contributed by atoms with Gasteiger partial charge in [-0.25, -0.2) is 9.78 Å². The van der Waals surface area contributed by atoms with Crippen LogP contribution in [0.15, 0.2) is 54.7 Å². The lowest BCUT2D eigenvalue weighted by atomic mass is 10.2. The first kappa shape index (κ1) is 26.4. The van der Waals surface area contributed by atoms with Crippen molar-refractivity contribution < 1.29 is 32.2 Å². The van der Waals surface area contributed by atoms with Gasteiger partial charge in [-0.3, -0.25) is 10.1 Å². The van der Waals surface area contributed by atoms with Crippen LogP contribution in [0.1, 0.15) is 35.9 Å². The molecule has 3 aromatic rings. The van der Waals surface area contributed by atoms with Crippen LogP contribution in [0.2, 0.25) is 0 Å². The van der Waals surface area contributed by atoms with Gasteiger partial charge in [-0.05, 0) is 48.4 Å². The molecule has 1 aromatic heterocycles. The average molecular weight is 505 g/mol. The van der Waals surface area contributed by atoms with E-state index in [0.29, 0.717) is 12.3 Å². The molecule has 192 valence electrons. The molecule has 0 atom stereocenters. The molecule has 2 aromatic carbocycles. The van der Waals surface area contributed by atoms with Crippen molar-refractivity contribution in [1.29, 1.82) is 0 Å². The van der Waals surface area contributed by atoms with Crippen molar-refractivity contribution >= 4 is 23.4 Å². The molecule has 0 spiro atoms. The van der Waals surface area contributed by atoms with Gasteiger partial charge in [0.15, 0.2) is 5.82 Å². The lowest BCUT2D eigenvalue weighted by Gasteiger charge is -2.10. The summed E-state index contributed by atoms with van der Waals surface area (Å²) in [6.07, 6.45) is -1.56. The van der Waals surface area contributed by atoms with Gasteiger partial charge in [-0.2, -0.15) is 0 Å². The van der Waals surface area contributed by atoms with Crippen molar-refractivity contribution in [2.24, 2.45) is 0 Å². The first-order chi connectivity index (χ1) is 17.2. The smallest absolute Gasteiger partial charge is 0.497 e. The van der Waals surface area contributed by atoms with E-state index in [2.05, 4.69) is 25.7 Å². The topological polar surface area (TPSA) is 107 Å². The number of carbonyl (C=O) groups excluding carboxylic acids is 2. The van der Waals surface area contributed by atoms with E-state index in [0.717, 1.165) is 30.5 Å². The van der Waals surface area contributed by atoms with Gasteiger partial charge in [0.05, 0.1) is 7.11 Å². The molecule has 0 radical (unpaired) electrons. The Hall–Kier alpha value is -4.22. The SMILES string of the molecule is CCCCn1cc(NC(=O)Nc2ccc(OC(F)(F)F)cc2)nc1C(=O)NCc1ccc(OC)cc1. The number of aromatic nitrogens is 2. The number of methoxy groups -OCH3 is 1. The monoisotopic (exact) mass is 505 g/mol. The lowest BCUT2D eigenvalue weighted by molar-refractivity contribution is -0.274. The number of alkyl halides is 3. The summed E-state index contributed by atoms with van der Waals surface area (Å²) in [5.74, 6) is 0.181. The van der Waals surface area contributed by atoms with Crippen LogP contribution in [-0.4, -0.2) is 35.0 Å². The van der Waals surface area contributed by atoms with Gasteiger partial charge in [0, 0.05) is 25.0 Å². The Morgan fingerprint density at radius 2 is 1.67 bits per heavy atom. The van der Waals surface area contributed by atoms with Crippen LogP contribution in [0.5, 0.6) is 11.5 Å². The molecule has 0 aliphatic heterocycles. The number of benzene rings is 2. The molecular formula is C24H26F3N5O4. The maximum absolute atomic E-state index is 12.8. The summed E-state index contributed by atoms with van der Waals surface area (Å²) in [6, 6.07) is 11.3. The summed E-state index contributed by atoms with van der Waals surface area (Å²) in [7, 11) is 1.57. The fourth-order valence-corrected chi connectivity index (χ4v) is 3.18. The number of amides is 3. The minimum absolute atomic E-state index is 0.140. The molecule has 3 N–H and O–H groups in total. The second-order valence-electron chi connectivity index (χ2n) is 7.68. The first-order valence-corrected chi connectivity index (χ1v) is 11.1. The summed E-state index contributed by atoms with van der Waals surface area (Å²) >= 11 is 0. The Morgan fingerprint density at radius 1 is 1.00 bits per heavy atom. The summed E-state index contributed by atoms with van der Waals surface area (Å²) in [6.45, 7) is 2.82. The number of nitrogens with zero attached hydrogens (tertiary/aromatic N) is 2. The molecule has 9 nitrogen and oxygen atoms in total. The second-order valence-corrected chi connectivity index (χ2v) is 7.68. The Balaban J connectivity index is 1.63. The minimum Gasteiger partial charge on any atom is -0.497 e. The first-order valence-electron chi connectivity index (χ1n) is 11.1. The van der Waals surface area contributed by atoms with Gasteiger partial charge in [0.1, 0.15) is 11.5 Å². The second kappa shape index (κ2) is 12.0. The number of hydrogen-bond donors (Lipinski definition) is 3. The molecule has 3 rings (SSSR count). The number of imidazole rings is 1. The molecule has 0 aliphatic carbocycles. The Morgan fingerprint density at radius 3 is 2.28 bits per heavy atom. The largest absolute Gasteiger partial charge is 0.573 e. The maximum atomic E-state index is 12.8. The third-order valence-electron chi connectivity index (χ3n) is 4.93. The molecule has 0 bridgehead atoms. The highest BCUT2D eigenvalue weighted by molar-refractivity contribution is 5.99. The van der Waals surface area contributed by atoms with Crippen molar-refractivity contribution in [1.82, 2.24) is 14.9 Å². The van der Waals surface area contributed by atoms with E-state index in [1.165, 1.54) is 12.1 Å². The molecule has 0 aliphatic rings. The molecule has 1 heterocycles. The summed E-state index contributed by atoms with van der Waals surface area (Å²) in [5, 5.41) is 7.84. The van der Waals surface area contributed by atoms with E-state index >= 15 is 0 Å². The fraction of sp³-hybridized carbons (Fsp3) is 0.292. The number of carbonyl (C=O) groups is 2. The maximum Gasteiger partial charge on any atom is 0.573 e. The van der Waals surface area contributed by atoms with Crippen LogP contribution < -0.4 is 25.4 Å². The highest BCUT2D eigenvalue weighted by atomic mass is 19.4. The number of unbranched alkanes of at least 4 members (excludes halogenated alkanes) is 1. The number of aryl methyl sites for hydroxylation is 1. The molecular weight excluding hydrogens is 479 g/mol. The Labute approximate surface area is 205 Å². The summed E-state index contributed by atoms with van der Waals surface area (Å²) < 4.78 is 47.4. The average Bonchev–Trinajstić information content (AvgIpc) is 3.24. The van der Waals surface area contributed by atoms with Gasteiger partial charge in [-0.15, -0.1) is 13.2 Å². The number of ether oxygens (including phenoxy) is 2. The van der Waals surface area contributed by atoms with Crippen LogP contribution in [0.4, 0.5) is 29.5 Å². The fourth-order valence-electron chi connectivity index (χ4n) is 3.18. The highest BCUT2D eigenvalue weighted by Crippen LogP contribution is 2.24. The quantitative estimate of drug-likeness (QED) is 0.353. The van der Waals surface area contributed by atoms with Crippen LogP contribution in [0.25, 0.3) is 0 Å². The van der Waals surface area contributed by atoms with Gasteiger partial charge < -0.3 is 24.7 Å². The molecule has 0 unspecified atom stereocenters. The third kappa shape index (κ3) is 7.93. The molecule has 0 saturated carbocycles. The molecule has 0 fully saturated rings. The van der Waals surface area contributed by atoms with Crippen molar-refractivity contribution in [3.8, 4) is 11.5 Å². The van der Waals surface area contributed by atoms with E-state index in [1.54, 1.807) is 30.0 Å². The van der Waals surface area contributed by atoms with Crippen LogP contribution in [0, 0.1) is 0 Å². The van der Waals surface area contributed by atoms with E-state index in [1.807, 2.05) is 19.1 Å². The number of anilines is 2. The zero-order valence-corrected chi connectivity index (χ0v) is 19.7. The summed E-state index contributed by atoms with van der Waals surface area (Å²) in [4.78, 5) is 29.4. The molecule has 0 saturated heterocycles. The Bertz CT molecular complexity index is 1160. The Kier molecular flexibility index (Phi) is 8.76. The van der Waals surface area contributed by atoms with E-state index < -0.39 is 24.1 Å². The standard InChI is InChI=1S/C24H26F3N5O4/c1-3-4-13-32-15-20(30-21(32)22(33)28-14-16-5-9-18(35-2)10-6-16)31-23(34)29-17-7-11-19(12-8-17)36-24(25,26)27/h5-12,15H,3-4,13-14H2,1-2H3,(H,28,33)(H2,29,31,34). The van der Waals surface area contributed by atoms with Gasteiger partial charge in [0.25, 0.3) is 5.91 Å². The van der Waals surface area contributed by atoms with Crippen molar-refractivity contribution in [2.45, 2.75) is 39.2 Å². The van der Waals surface area contributed by atoms with Crippen molar-refractivity contribution in [2.75, 3.05) is 17.7 Å². The highest BCUT2D eigenvalue weighted by Gasteiger charge is 2.31. The number of halogens is 3. The predicted octanol–water partition coefficient (Wildman–Crippen LogP) is 5.16. The van der Waals surface area contributed by atoms with Gasteiger partial charge in [-0.1, -0.05) is 25.5 Å². The van der Waals surface area contributed by atoms with Crippen LogP contribution in [0.3, 0.4) is 0 Å². The van der Waals surface area contributed by atoms with Crippen LogP contribution >= 0.6 is 0 Å². The number of rotatable bonds is 10. The zero-order valence-electron chi connectivity index (χ0n) is 19.7. The predicted molar refractivity (Wildman–Crippen MR) is 127 cm³/mol. The molecule has 3 amide bonds. The van der Waals surface area contributed by atoms with Crippen LogP contribution in [-0.2, 0) is 13.1 Å².